The van der Waals surface area contributed by atoms with Crippen LogP contribution in [0.1, 0.15) is 48.1 Å². The van der Waals surface area contributed by atoms with Gasteiger partial charge in [-0.1, -0.05) is 29.4 Å². The van der Waals surface area contributed by atoms with E-state index < -0.39 is 12.1 Å². The number of hydrogen-bond donors (Lipinski definition) is 2. The maximum absolute atomic E-state index is 9.45. The molecule has 3 unspecified atom stereocenters. The third kappa shape index (κ3) is 2.15. The Kier molecular flexibility index (Phi) is 3.08. The summed E-state index contributed by atoms with van der Waals surface area (Å²) in [5.74, 6) is 1.14. The van der Waals surface area contributed by atoms with Crippen LogP contribution in [0.25, 0.3) is 0 Å². The van der Waals surface area contributed by atoms with Crippen LogP contribution < -0.4 is 5.73 Å². The third-order valence-electron chi connectivity index (χ3n) is 3.71. The van der Waals surface area contributed by atoms with E-state index in [1.54, 1.807) is 6.92 Å². The number of rotatable bonds is 3. The lowest BCUT2D eigenvalue weighted by molar-refractivity contribution is 0.146. The Morgan fingerprint density at radius 1 is 1.42 bits per heavy atom. The maximum Gasteiger partial charge on any atom is 0.246 e. The summed E-state index contributed by atoms with van der Waals surface area (Å²) in [5, 5.41) is 13.5. The minimum Gasteiger partial charge on any atom is -0.391 e. The van der Waals surface area contributed by atoms with Crippen LogP contribution in [0.3, 0.4) is 0 Å². The van der Waals surface area contributed by atoms with Gasteiger partial charge in [-0.3, -0.25) is 0 Å². The fourth-order valence-electron chi connectivity index (χ4n) is 2.56. The number of benzene rings is 1. The van der Waals surface area contributed by atoms with Crippen LogP contribution >= 0.6 is 0 Å². The second kappa shape index (κ2) is 4.75. The molecule has 0 fully saturated rings. The summed E-state index contributed by atoms with van der Waals surface area (Å²) in [6.45, 7) is 1.61. The normalized spacial score (nSPS) is 21.1. The van der Waals surface area contributed by atoms with Gasteiger partial charge in [0.15, 0.2) is 5.82 Å². The van der Waals surface area contributed by atoms with Crippen LogP contribution in [0.5, 0.6) is 0 Å². The third-order valence-corrected chi connectivity index (χ3v) is 3.71. The first-order valence-corrected chi connectivity index (χ1v) is 6.51. The lowest BCUT2D eigenvalue weighted by Gasteiger charge is -2.09. The van der Waals surface area contributed by atoms with Gasteiger partial charge in [-0.2, -0.15) is 4.98 Å². The Morgan fingerprint density at radius 3 is 3.00 bits per heavy atom. The second-order valence-electron chi connectivity index (χ2n) is 5.05. The van der Waals surface area contributed by atoms with Crippen LogP contribution in [0.2, 0.25) is 0 Å². The van der Waals surface area contributed by atoms with Crippen molar-refractivity contribution in [3.63, 3.8) is 0 Å². The second-order valence-corrected chi connectivity index (χ2v) is 5.05. The van der Waals surface area contributed by atoms with Crippen molar-refractivity contribution in [3.8, 4) is 0 Å². The van der Waals surface area contributed by atoms with Gasteiger partial charge in [0.2, 0.25) is 5.89 Å². The quantitative estimate of drug-likeness (QED) is 0.873. The molecule has 0 amide bonds. The Hall–Kier alpha value is -1.72. The summed E-state index contributed by atoms with van der Waals surface area (Å²) >= 11 is 0. The van der Waals surface area contributed by atoms with Gasteiger partial charge in [0, 0.05) is 5.92 Å². The SMILES string of the molecule is CC(O)C(N)c1nc(C2CCc3ccccc32)no1. The van der Waals surface area contributed by atoms with Crippen molar-refractivity contribution in [1.29, 1.82) is 0 Å². The smallest absolute Gasteiger partial charge is 0.246 e. The maximum atomic E-state index is 9.45. The Bertz CT molecular complexity index is 580. The molecule has 1 aromatic heterocycles. The van der Waals surface area contributed by atoms with Gasteiger partial charge >= 0.3 is 0 Å². The number of hydrogen-bond acceptors (Lipinski definition) is 5. The van der Waals surface area contributed by atoms with Gasteiger partial charge in [0.05, 0.1) is 6.10 Å². The summed E-state index contributed by atoms with van der Waals surface area (Å²) in [4.78, 5) is 4.35. The molecule has 1 heterocycles. The minimum atomic E-state index is -0.704. The molecule has 2 aromatic rings. The first-order chi connectivity index (χ1) is 9.16. The van der Waals surface area contributed by atoms with Crippen molar-refractivity contribution in [2.45, 2.75) is 37.8 Å². The average Bonchev–Trinajstić information content (AvgIpc) is 3.03. The zero-order chi connectivity index (χ0) is 13.4. The molecule has 100 valence electrons. The number of aromatic nitrogens is 2. The molecule has 1 aliphatic rings. The first kappa shape index (κ1) is 12.3. The Morgan fingerprint density at radius 2 is 2.21 bits per heavy atom. The highest BCUT2D eigenvalue weighted by Crippen LogP contribution is 2.36. The summed E-state index contributed by atoms with van der Waals surface area (Å²) in [7, 11) is 0. The van der Waals surface area contributed by atoms with Crippen LogP contribution in [0.4, 0.5) is 0 Å². The Labute approximate surface area is 111 Å². The van der Waals surface area contributed by atoms with Gasteiger partial charge in [-0.25, -0.2) is 0 Å². The molecule has 1 aromatic carbocycles. The number of nitrogens with two attached hydrogens (primary N) is 1. The highest BCUT2D eigenvalue weighted by atomic mass is 16.5. The van der Waals surface area contributed by atoms with Gasteiger partial charge < -0.3 is 15.4 Å². The monoisotopic (exact) mass is 259 g/mol. The van der Waals surface area contributed by atoms with Gasteiger partial charge in [0.25, 0.3) is 0 Å². The van der Waals surface area contributed by atoms with Crippen LogP contribution in [0, 0.1) is 0 Å². The van der Waals surface area contributed by atoms with Crippen molar-refractivity contribution in [1.82, 2.24) is 10.1 Å². The molecule has 3 rings (SSSR count). The van der Waals surface area contributed by atoms with Crippen molar-refractivity contribution >= 4 is 0 Å². The van der Waals surface area contributed by atoms with E-state index in [2.05, 4.69) is 22.3 Å². The molecule has 5 nitrogen and oxygen atoms in total. The lowest BCUT2D eigenvalue weighted by Crippen LogP contribution is -2.23. The molecule has 0 spiro atoms. The van der Waals surface area contributed by atoms with Crippen molar-refractivity contribution in [3.05, 3.63) is 47.1 Å². The highest BCUT2D eigenvalue weighted by molar-refractivity contribution is 5.38. The molecule has 0 bridgehead atoms. The number of aryl methyl sites for hydroxylation is 1. The first-order valence-electron chi connectivity index (χ1n) is 6.51. The summed E-state index contributed by atoms with van der Waals surface area (Å²) < 4.78 is 5.17. The van der Waals surface area contributed by atoms with Crippen molar-refractivity contribution < 1.29 is 9.63 Å². The van der Waals surface area contributed by atoms with Crippen molar-refractivity contribution in [2.24, 2.45) is 5.73 Å². The molecule has 1 aliphatic carbocycles. The van der Waals surface area contributed by atoms with Crippen LogP contribution in [-0.2, 0) is 6.42 Å². The lowest BCUT2D eigenvalue weighted by atomic mass is 10.0. The van der Waals surface area contributed by atoms with E-state index in [4.69, 9.17) is 10.3 Å². The predicted molar refractivity (Wildman–Crippen MR) is 69.5 cm³/mol. The van der Waals surface area contributed by atoms with E-state index in [9.17, 15) is 5.11 Å². The fourth-order valence-corrected chi connectivity index (χ4v) is 2.56. The zero-order valence-corrected chi connectivity index (χ0v) is 10.8. The molecular weight excluding hydrogens is 242 g/mol. The Balaban J connectivity index is 1.89. The van der Waals surface area contributed by atoms with Gasteiger partial charge in [-0.05, 0) is 30.9 Å². The fraction of sp³-hybridized carbons (Fsp3) is 0.429. The largest absolute Gasteiger partial charge is 0.391 e. The molecular formula is C14H17N3O2. The van der Waals surface area contributed by atoms with Crippen LogP contribution in [0.15, 0.2) is 28.8 Å². The van der Waals surface area contributed by atoms with Crippen molar-refractivity contribution in [2.75, 3.05) is 0 Å². The number of nitrogens with zero attached hydrogens (tertiary/aromatic N) is 2. The highest BCUT2D eigenvalue weighted by Gasteiger charge is 2.29. The van der Waals surface area contributed by atoms with E-state index in [1.807, 2.05) is 12.1 Å². The molecule has 0 radical (unpaired) electrons. The molecule has 0 aliphatic heterocycles. The van der Waals surface area contributed by atoms with E-state index in [1.165, 1.54) is 11.1 Å². The topological polar surface area (TPSA) is 85.2 Å². The van der Waals surface area contributed by atoms with E-state index in [-0.39, 0.29) is 5.92 Å². The van der Waals surface area contributed by atoms with E-state index in [0.717, 1.165) is 12.8 Å². The molecule has 3 N–H and O–H groups in total. The van der Waals surface area contributed by atoms with E-state index in [0.29, 0.717) is 11.7 Å². The molecule has 19 heavy (non-hydrogen) atoms. The molecule has 0 saturated heterocycles. The summed E-state index contributed by atoms with van der Waals surface area (Å²) in [5.41, 5.74) is 8.41. The summed E-state index contributed by atoms with van der Waals surface area (Å²) in [6, 6.07) is 7.69. The minimum absolute atomic E-state index is 0.176. The molecule has 5 heteroatoms. The van der Waals surface area contributed by atoms with Crippen LogP contribution in [-0.4, -0.2) is 21.4 Å². The number of aliphatic hydroxyl groups is 1. The number of aliphatic hydroxyl groups excluding tert-OH is 1. The number of fused-ring (bicyclic) bond motifs is 1. The predicted octanol–water partition coefficient (Wildman–Crippen LogP) is 1.53. The summed E-state index contributed by atoms with van der Waals surface area (Å²) in [6.07, 6.45) is 1.32. The average molecular weight is 259 g/mol. The van der Waals surface area contributed by atoms with E-state index >= 15 is 0 Å². The molecule has 3 atom stereocenters. The standard InChI is InChI=1S/C14H17N3O2/c1-8(18)12(15)14-16-13(17-19-14)11-7-6-9-4-2-3-5-10(9)11/h2-5,8,11-12,18H,6-7,15H2,1H3. The zero-order valence-electron chi connectivity index (χ0n) is 10.8. The van der Waals surface area contributed by atoms with Gasteiger partial charge in [0.1, 0.15) is 6.04 Å². The molecule has 0 saturated carbocycles. The van der Waals surface area contributed by atoms with Gasteiger partial charge in [-0.15, -0.1) is 0 Å².